The van der Waals surface area contributed by atoms with Crippen LogP contribution < -0.4 is 5.32 Å². The second-order valence-electron chi connectivity index (χ2n) is 3.91. The van der Waals surface area contributed by atoms with Crippen molar-refractivity contribution < 1.29 is 14.7 Å². The average Bonchev–Trinajstić information content (AvgIpc) is 2.35. The zero-order valence-electron chi connectivity index (χ0n) is 9.88. The third-order valence-electron chi connectivity index (χ3n) is 2.71. The molecule has 5 heteroatoms. The van der Waals surface area contributed by atoms with E-state index in [2.05, 4.69) is 10.3 Å². The average molecular weight is 236 g/mol. The van der Waals surface area contributed by atoms with Crippen molar-refractivity contribution in [2.45, 2.75) is 26.3 Å². The Bertz CT molecular complexity index is 392. The minimum atomic E-state index is -1.01. The van der Waals surface area contributed by atoms with Gasteiger partial charge in [-0.15, -0.1) is 0 Å². The van der Waals surface area contributed by atoms with Crippen molar-refractivity contribution in [3.8, 4) is 0 Å². The molecule has 0 spiro atoms. The highest BCUT2D eigenvalue weighted by atomic mass is 16.4. The Labute approximate surface area is 99.9 Å². The number of nitrogens with zero attached hydrogens (tertiary/aromatic N) is 1. The molecule has 0 saturated carbocycles. The summed E-state index contributed by atoms with van der Waals surface area (Å²) in [6.45, 7) is 3.69. The number of carboxylic acids is 1. The fraction of sp³-hybridized carbons (Fsp3) is 0.417. The molecule has 0 bridgehead atoms. The molecular weight excluding hydrogens is 220 g/mol. The van der Waals surface area contributed by atoms with Crippen LogP contribution in [0.1, 0.15) is 30.6 Å². The number of carboxylic acid groups (broad SMARTS) is 1. The summed E-state index contributed by atoms with van der Waals surface area (Å²) in [4.78, 5) is 26.6. The third kappa shape index (κ3) is 3.55. The van der Waals surface area contributed by atoms with E-state index < -0.39 is 12.0 Å². The van der Waals surface area contributed by atoms with Gasteiger partial charge in [-0.1, -0.05) is 20.3 Å². The van der Waals surface area contributed by atoms with E-state index in [1.54, 1.807) is 19.1 Å². The SMILES string of the molecule is CCC(C)C(NC(=O)c1ccncc1)C(=O)O. The topological polar surface area (TPSA) is 79.3 Å². The first-order valence-electron chi connectivity index (χ1n) is 5.50. The maximum absolute atomic E-state index is 11.8. The number of nitrogens with one attached hydrogen (secondary N) is 1. The fourth-order valence-corrected chi connectivity index (χ4v) is 1.41. The molecule has 1 aromatic heterocycles. The van der Waals surface area contributed by atoms with Gasteiger partial charge in [-0.05, 0) is 18.1 Å². The second-order valence-corrected chi connectivity index (χ2v) is 3.91. The van der Waals surface area contributed by atoms with Crippen molar-refractivity contribution >= 4 is 11.9 Å². The predicted octanol–water partition coefficient (Wildman–Crippen LogP) is 1.31. The van der Waals surface area contributed by atoms with Crippen LogP contribution in [0.15, 0.2) is 24.5 Å². The van der Waals surface area contributed by atoms with Crippen LogP contribution in [0.3, 0.4) is 0 Å². The Morgan fingerprint density at radius 1 is 1.41 bits per heavy atom. The summed E-state index contributed by atoms with van der Waals surface area (Å²) in [6.07, 6.45) is 3.68. The van der Waals surface area contributed by atoms with Gasteiger partial charge in [0.05, 0.1) is 0 Å². The molecule has 2 unspecified atom stereocenters. The number of pyridine rings is 1. The van der Waals surface area contributed by atoms with Gasteiger partial charge in [0.25, 0.3) is 5.91 Å². The van der Waals surface area contributed by atoms with Crippen molar-refractivity contribution in [2.75, 3.05) is 0 Å². The normalized spacial score (nSPS) is 13.8. The first-order valence-corrected chi connectivity index (χ1v) is 5.50. The number of aliphatic carboxylic acids is 1. The van der Waals surface area contributed by atoms with Crippen molar-refractivity contribution in [3.05, 3.63) is 30.1 Å². The van der Waals surface area contributed by atoms with Crippen LogP contribution in [-0.4, -0.2) is 28.0 Å². The van der Waals surface area contributed by atoms with Crippen LogP contribution >= 0.6 is 0 Å². The summed E-state index contributed by atoms with van der Waals surface area (Å²) in [5.41, 5.74) is 0.412. The molecule has 1 aromatic rings. The highest BCUT2D eigenvalue weighted by Crippen LogP contribution is 2.09. The van der Waals surface area contributed by atoms with Crippen LogP contribution in [0.25, 0.3) is 0 Å². The molecule has 2 atom stereocenters. The summed E-state index contributed by atoms with van der Waals surface area (Å²) in [5, 5.41) is 11.6. The van der Waals surface area contributed by atoms with Gasteiger partial charge in [-0.3, -0.25) is 9.78 Å². The lowest BCUT2D eigenvalue weighted by atomic mass is 9.99. The predicted molar refractivity (Wildman–Crippen MR) is 62.6 cm³/mol. The minimum Gasteiger partial charge on any atom is -0.480 e. The lowest BCUT2D eigenvalue weighted by molar-refractivity contribution is -0.140. The van der Waals surface area contributed by atoms with E-state index in [-0.39, 0.29) is 11.8 Å². The van der Waals surface area contributed by atoms with E-state index in [9.17, 15) is 9.59 Å². The van der Waals surface area contributed by atoms with Gasteiger partial charge in [-0.2, -0.15) is 0 Å². The molecule has 1 rings (SSSR count). The standard InChI is InChI=1S/C12H16N2O3/c1-3-8(2)10(12(16)17)14-11(15)9-4-6-13-7-5-9/h4-8,10H,3H2,1-2H3,(H,14,15)(H,16,17). The van der Waals surface area contributed by atoms with Crippen LogP contribution in [0.2, 0.25) is 0 Å². The van der Waals surface area contributed by atoms with E-state index in [0.717, 1.165) is 0 Å². The summed E-state index contributed by atoms with van der Waals surface area (Å²) >= 11 is 0. The zero-order valence-corrected chi connectivity index (χ0v) is 9.88. The molecule has 0 saturated heterocycles. The number of carbonyl (C=O) groups is 2. The largest absolute Gasteiger partial charge is 0.480 e. The Balaban J connectivity index is 2.75. The molecule has 0 aliphatic heterocycles. The van der Waals surface area contributed by atoms with E-state index in [1.165, 1.54) is 12.4 Å². The lowest BCUT2D eigenvalue weighted by Gasteiger charge is -2.20. The molecule has 0 fully saturated rings. The molecule has 5 nitrogen and oxygen atoms in total. The third-order valence-corrected chi connectivity index (χ3v) is 2.71. The molecular formula is C12H16N2O3. The molecule has 2 N–H and O–H groups in total. The van der Waals surface area contributed by atoms with Gasteiger partial charge in [0, 0.05) is 18.0 Å². The number of rotatable bonds is 5. The number of carbonyl (C=O) groups excluding carboxylic acids is 1. The highest BCUT2D eigenvalue weighted by Gasteiger charge is 2.25. The Kier molecular flexibility index (Phi) is 4.63. The first-order chi connectivity index (χ1) is 8.06. The maximum Gasteiger partial charge on any atom is 0.326 e. The van der Waals surface area contributed by atoms with Gasteiger partial charge in [0.15, 0.2) is 0 Å². The molecule has 0 aliphatic rings. The molecule has 0 aromatic carbocycles. The number of hydrogen-bond donors (Lipinski definition) is 2. The highest BCUT2D eigenvalue weighted by molar-refractivity contribution is 5.96. The summed E-state index contributed by atoms with van der Waals surface area (Å²) in [6, 6.07) is 2.23. The second kappa shape index (κ2) is 5.98. The monoisotopic (exact) mass is 236 g/mol. The van der Waals surface area contributed by atoms with Crippen LogP contribution in [-0.2, 0) is 4.79 Å². The first kappa shape index (κ1) is 13.2. The van der Waals surface area contributed by atoms with Crippen LogP contribution in [0, 0.1) is 5.92 Å². The van der Waals surface area contributed by atoms with Gasteiger partial charge in [0.1, 0.15) is 6.04 Å². The van der Waals surface area contributed by atoms with Gasteiger partial charge in [-0.25, -0.2) is 4.79 Å². The van der Waals surface area contributed by atoms with Gasteiger partial charge < -0.3 is 10.4 Å². The number of aromatic nitrogens is 1. The van der Waals surface area contributed by atoms with Crippen molar-refractivity contribution in [2.24, 2.45) is 5.92 Å². The van der Waals surface area contributed by atoms with E-state index in [4.69, 9.17) is 5.11 Å². The van der Waals surface area contributed by atoms with Crippen molar-refractivity contribution in [3.63, 3.8) is 0 Å². The van der Waals surface area contributed by atoms with E-state index >= 15 is 0 Å². The molecule has 0 radical (unpaired) electrons. The smallest absolute Gasteiger partial charge is 0.326 e. The number of amides is 1. The number of hydrogen-bond acceptors (Lipinski definition) is 3. The summed E-state index contributed by atoms with van der Waals surface area (Å²) < 4.78 is 0. The zero-order chi connectivity index (χ0) is 12.8. The Hall–Kier alpha value is -1.91. The fourth-order valence-electron chi connectivity index (χ4n) is 1.41. The molecule has 0 aliphatic carbocycles. The molecule has 17 heavy (non-hydrogen) atoms. The summed E-state index contributed by atoms with van der Waals surface area (Å²) in [5.74, 6) is -1.51. The minimum absolute atomic E-state index is 0.113. The Morgan fingerprint density at radius 3 is 2.47 bits per heavy atom. The quantitative estimate of drug-likeness (QED) is 0.807. The molecule has 1 heterocycles. The summed E-state index contributed by atoms with van der Waals surface area (Å²) in [7, 11) is 0. The van der Waals surface area contributed by atoms with Gasteiger partial charge >= 0.3 is 5.97 Å². The van der Waals surface area contributed by atoms with E-state index in [1.807, 2.05) is 6.92 Å². The van der Waals surface area contributed by atoms with Crippen molar-refractivity contribution in [1.29, 1.82) is 0 Å². The van der Waals surface area contributed by atoms with Crippen LogP contribution in [0.4, 0.5) is 0 Å². The van der Waals surface area contributed by atoms with Gasteiger partial charge in [0.2, 0.25) is 0 Å². The van der Waals surface area contributed by atoms with Crippen LogP contribution in [0.5, 0.6) is 0 Å². The molecule has 1 amide bonds. The maximum atomic E-state index is 11.8. The van der Waals surface area contributed by atoms with Crippen molar-refractivity contribution in [1.82, 2.24) is 10.3 Å². The Morgan fingerprint density at radius 2 is 2.00 bits per heavy atom. The molecule has 92 valence electrons. The lowest BCUT2D eigenvalue weighted by Crippen LogP contribution is -2.45. The van der Waals surface area contributed by atoms with E-state index in [0.29, 0.717) is 12.0 Å².